The van der Waals surface area contributed by atoms with Gasteiger partial charge in [-0.25, -0.2) is 0 Å². The monoisotopic (exact) mass is 242 g/mol. The van der Waals surface area contributed by atoms with Gasteiger partial charge in [-0.3, -0.25) is 4.79 Å². The Morgan fingerprint density at radius 3 is 3.12 bits per heavy atom. The van der Waals surface area contributed by atoms with Gasteiger partial charge < -0.3 is 14.6 Å². The summed E-state index contributed by atoms with van der Waals surface area (Å²) in [5, 5.41) is 6.77. The number of amides is 1. The number of halogens is 1. The van der Waals surface area contributed by atoms with Crippen LogP contribution in [0.15, 0.2) is 21.7 Å². The molecular weight excluding hydrogens is 232 g/mol. The molecule has 0 unspecified atom stereocenters. The molecule has 16 heavy (non-hydrogen) atoms. The number of hydrogen-bond donors (Lipinski definition) is 1. The highest BCUT2D eigenvalue weighted by atomic mass is 35.5. The van der Waals surface area contributed by atoms with Crippen molar-refractivity contribution in [3.8, 4) is 0 Å². The van der Waals surface area contributed by atoms with Crippen LogP contribution in [0.2, 0.25) is 5.22 Å². The molecule has 1 N–H and O–H groups in total. The van der Waals surface area contributed by atoms with Crippen LogP contribution in [-0.2, 0) is 9.63 Å². The third-order valence-electron chi connectivity index (χ3n) is 2.17. The minimum atomic E-state index is -0.571. The first-order chi connectivity index (χ1) is 7.70. The molecule has 6 heteroatoms. The minimum Gasteiger partial charge on any atom is -0.443 e. The molecule has 0 spiro atoms. The van der Waals surface area contributed by atoms with E-state index >= 15 is 0 Å². The normalized spacial score (nSPS) is 19.1. The average molecular weight is 243 g/mol. The van der Waals surface area contributed by atoms with Gasteiger partial charge in [0, 0.05) is 13.0 Å². The summed E-state index contributed by atoms with van der Waals surface area (Å²) >= 11 is 5.65. The van der Waals surface area contributed by atoms with Crippen LogP contribution < -0.4 is 5.32 Å². The molecule has 0 radical (unpaired) electrons. The molecule has 1 aliphatic rings. The van der Waals surface area contributed by atoms with Gasteiger partial charge in [0.25, 0.3) is 5.91 Å². The van der Waals surface area contributed by atoms with Gasteiger partial charge in [0.15, 0.2) is 11.0 Å². The third-order valence-corrected chi connectivity index (χ3v) is 2.37. The molecule has 1 atom stereocenters. The van der Waals surface area contributed by atoms with E-state index in [4.69, 9.17) is 20.9 Å². The lowest BCUT2D eigenvalue weighted by atomic mass is 10.1. The Bertz CT molecular complexity index is 427. The van der Waals surface area contributed by atoms with E-state index in [2.05, 4.69) is 10.5 Å². The van der Waals surface area contributed by atoms with Crippen molar-refractivity contribution < 1.29 is 14.0 Å². The summed E-state index contributed by atoms with van der Waals surface area (Å²) in [4.78, 5) is 16.5. The lowest BCUT2D eigenvalue weighted by Crippen LogP contribution is -2.34. The fourth-order valence-electron chi connectivity index (χ4n) is 1.42. The second kappa shape index (κ2) is 4.57. The van der Waals surface area contributed by atoms with Crippen LogP contribution in [0.25, 0.3) is 0 Å². The number of hydrogen-bond acceptors (Lipinski definition) is 4. The molecule has 0 aromatic carbocycles. The van der Waals surface area contributed by atoms with Crippen molar-refractivity contribution in [2.45, 2.75) is 19.4 Å². The Morgan fingerprint density at radius 2 is 2.50 bits per heavy atom. The second-order valence-electron chi connectivity index (χ2n) is 3.33. The predicted octanol–water partition coefficient (Wildman–Crippen LogP) is 1.56. The van der Waals surface area contributed by atoms with Crippen molar-refractivity contribution in [1.29, 1.82) is 0 Å². The highest BCUT2D eigenvalue weighted by Gasteiger charge is 2.29. The SMILES string of the molecule is CCNC(=O)[C@H]1CC(c2ccc(Cl)o2)=NO1. The number of nitrogens with one attached hydrogen (secondary N) is 1. The van der Waals surface area contributed by atoms with Gasteiger partial charge >= 0.3 is 0 Å². The molecule has 0 fully saturated rings. The summed E-state index contributed by atoms with van der Waals surface area (Å²) < 4.78 is 5.18. The van der Waals surface area contributed by atoms with Crippen LogP contribution in [0.3, 0.4) is 0 Å². The van der Waals surface area contributed by atoms with Crippen LogP contribution in [0.1, 0.15) is 19.1 Å². The average Bonchev–Trinajstić information content (AvgIpc) is 2.85. The Kier molecular flexibility index (Phi) is 3.14. The molecule has 0 saturated heterocycles. The zero-order valence-corrected chi connectivity index (χ0v) is 9.45. The number of carbonyl (C=O) groups is 1. The molecule has 0 bridgehead atoms. The quantitative estimate of drug-likeness (QED) is 0.875. The van der Waals surface area contributed by atoms with Gasteiger partial charge in [-0.2, -0.15) is 0 Å². The Labute approximate surface area is 97.4 Å². The van der Waals surface area contributed by atoms with Crippen LogP contribution >= 0.6 is 11.6 Å². The largest absolute Gasteiger partial charge is 0.443 e. The Balaban J connectivity index is 1.99. The van der Waals surface area contributed by atoms with Gasteiger partial charge in [0.2, 0.25) is 6.10 Å². The first-order valence-corrected chi connectivity index (χ1v) is 5.34. The van der Waals surface area contributed by atoms with Gasteiger partial charge in [-0.05, 0) is 30.7 Å². The van der Waals surface area contributed by atoms with Crippen LogP contribution in [0, 0.1) is 0 Å². The molecule has 5 nitrogen and oxygen atoms in total. The molecule has 0 aliphatic carbocycles. The maximum absolute atomic E-state index is 11.5. The minimum absolute atomic E-state index is 0.168. The predicted molar refractivity (Wildman–Crippen MR) is 58.4 cm³/mol. The topological polar surface area (TPSA) is 63.8 Å². The summed E-state index contributed by atoms with van der Waals surface area (Å²) in [5.74, 6) is 0.371. The summed E-state index contributed by atoms with van der Waals surface area (Å²) in [7, 11) is 0. The first-order valence-electron chi connectivity index (χ1n) is 4.97. The molecule has 2 rings (SSSR count). The van der Waals surface area contributed by atoms with Crippen molar-refractivity contribution in [2.24, 2.45) is 5.16 Å². The molecule has 1 aromatic heterocycles. The standard InChI is InChI=1S/C10H11ClN2O3/c1-2-12-10(14)8-5-6(13-16-8)7-3-4-9(11)15-7/h3-4,8H,2,5H2,1H3,(H,12,14)/t8-/m1/s1. The number of rotatable bonds is 3. The fourth-order valence-corrected chi connectivity index (χ4v) is 1.57. The number of likely N-dealkylation sites (N-methyl/N-ethyl adjacent to an activating group) is 1. The molecular formula is C10H11ClN2O3. The van der Waals surface area contributed by atoms with E-state index in [9.17, 15) is 4.79 Å². The number of oxime groups is 1. The number of nitrogens with zero attached hydrogens (tertiary/aromatic N) is 1. The highest BCUT2D eigenvalue weighted by Crippen LogP contribution is 2.20. The molecule has 1 aromatic rings. The zero-order valence-electron chi connectivity index (χ0n) is 8.70. The smallest absolute Gasteiger partial charge is 0.264 e. The number of carbonyl (C=O) groups excluding carboxylic acids is 1. The lowest BCUT2D eigenvalue weighted by Gasteiger charge is -2.06. The van der Waals surface area contributed by atoms with Crippen molar-refractivity contribution in [2.75, 3.05) is 6.54 Å². The summed E-state index contributed by atoms with van der Waals surface area (Å²) in [6.45, 7) is 2.42. The maximum Gasteiger partial charge on any atom is 0.264 e. The zero-order chi connectivity index (χ0) is 11.5. The molecule has 86 valence electrons. The van der Waals surface area contributed by atoms with Crippen LogP contribution in [-0.4, -0.2) is 24.3 Å². The summed E-state index contributed by atoms with van der Waals surface area (Å²) in [6.07, 6.45) is -0.172. The van der Waals surface area contributed by atoms with Crippen LogP contribution in [0.5, 0.6) is 0 Å². The maximum atomic E-state index is 11.5. The van der Waals surface area contributed by atoms with E-state index in [1.54, 1.807) is 12.1 Å². The second-order valence-corrected chi connectivity index (χ2v) is 3.71. The van der Waals surface area contributed by atoms with Gasteiger partial charge in [-0.15, -0.1) is 0 Å². The summed E-state index contributed by atoms with van der Waals surface area (Å²) in [6, 6.07) is 3.32. The van der Waals surface area contributed by atoms with E-state index in [0.29, 0.717) is 29.7 Å². The Morgan fingerprint density at radius 1 is 1.69 bits per heavy atom. The van der Waals surface area contributed by atoms with E-state index in [1.807, 2.05) is 6.92 Å². The van der Waals surface area contributed by atoms with Crippen molar-refractivity contribution in [3.05, 3.63) is 23.1 Å². The highest BCUT2D eigenvalue weighted by molar-refractivity contribution is 6.29. The fraction of sp³-hybridized carbons (Fsp3) is 0.400. The van der Waals surface area contributed by atoms with E-state index in [0.717, 1.165) is 0 Å². The van der Waals surface area contributed by atoms with E-state index in [-0.39, 0.29) is 5.91 Å². The molecule has 1 amide bonds. The van der Waals surface area contributed by atoms with Crippen molar-refractivity contribution in [3.63, 3.8) is 0 Å². The van der Waals surface area contributed by atoms with Gasteiger partial charge in [0.05, 0.1) is 0 Å². The van der Waals surface area contributed by atoms with E-state index in [1.165, 1.54) is 0 Å². The first kappa shape index (κ1) is 11.0. The van der Waals surface area contributed by atoms with Crippen molar-refractivity contribution in [1.82, 2.24) is 5.32 Å². The van der Waals surface area contributed by atoms with Gasteiger partial charge in [0.1, 0.15) is 5.71 Å². The molecule has 2 heterocycles. The van der Waals surface area contributed by atoms with Crippen LogP contribution in [0.4, 0.5) is 0 Å². The van der Waals surface area contributed by atoms with Gasteiger partial charge in [-0.1, -0.05) is 5.16 Å². The molecule has 1 aliphatic heterocycles. The van der Waals surface area contributed by atoms with E-state index < -0.39 is 6.10 Å². The summed E-state index contributed by atoms with van der Waals surface area (Å²) in [5.41, 5.74) is 0.600. The third kappa shape index (κ3) is 2.19. The molecule has 0 saturated carbocycles. The Hall–Kier alpha value is -1.49. The number of furan rings is 1. The lowest BCUT2D eigenvalue weighted by molar-refractivity contribution is -0.131. The van der Waals surface area contributed by atoms with Crippen molar-refractivity contribution >= 4 is 23.2 Å².